The van der Waals surface area contributed by atoms with E-state index in [0.717, 1.165) is 42.3 Å². The van der Waals surface area contributed by atoms with Crippen LogP contribution in [0.4, 0.5) is 0 Å². The van der Waals surface area contributed by atoms with Gasteiger partial charge in [0.15, 0.2) is 0 Å². The third-order valence-corrected chi connectivity index (χ3v) is 3.98. The largest absolute Gasteiger partial charge is 0.496 e. The van der Waals surface area contributed by atoms with Gasteiger partial charge in [-0.25, -0.2) is 0 Å². The summed E-state index contributed by atoms with van der Waals surface area (Å²) >= 11 is 9.59. The molecule has 2 nitrogen and oxygen atoms in total. The minimum atomic E-state index is 0.594. The SMILES string of the molecule is CCC(Br)CCNCc1cc(Cl)ccc1OC. The van der Waals surface area contributed by atoms with Gasteiger partial charge >= 0.3 is 0 Å². The molecule has 0 aromatic heterocycles. The van der Waals surface area contributed by atoms with E-state index < -0.39 is 0 Å². The van der Waals surface area contributed by atoms with Gasteiger partial charge in [-0.3, -0.25) is 0 Å². The van der Waals surface area contributed by atoms with E-state index in [-0.39, 0.29) is 0 Å². The first-order valence-electron chi connectivity index (χ1n) is 5.84. The number of halogens is 2. The zero-order valence-corrected chi connectivity index (χ0v) is 12.6. The highest BCUT2D eigenvalue weighted by molar-refractivity contribution is 9.09. The highest BCUT2D eigenvalue weighted by Gasteiger charge is 2.04. The van der Waals surface area contributed by atoms with Crippen LogP contribution < -0.4 is 10.1 Å². The molecule has 17 heavy (non-hydrogen) atoms. The molecule has 1 unspecified atom stereocenters. The Hall–Kier alpha value is -0.250. The van der Waals surface area contributed by atoms with Crippen molar-refractivity contribution >= 4 is 27.5 Å². The Morgan fingerprint density at radius 2 is 2.24 bits per heavy atom. The Labute approximate surface area is 117 Å². The van der Waals surface area contributed by atoms with Crippen LogP contribution in [0.5, 0.6) is 5.75 Å². The molecule has 0 spiro atoms. The topological polar surface area (TPSA) is 21.3 Å². The Balaban J connectivity index is 2.42. The molecule has 0 fully saturated rings. The Kier molecular flexibility index (Phi) is 6.93. The van der Waals surface area contributed by atoms with Crippen molar-refractivity contribution in [3.05, 3.63) is 28.8 Å². The quantitative estimate of drug-likeness (QED) is 0.605. The lowest BCUT2D eigenvalue weighted by Gasteiger charge is -2.11. The predicted octanol–water partition coefficient (Wildman–Crippen LogP) is 4.00. The lowest BCUT2D eigenvalue weighted by molar-refractivity contribution is 0.407. The molecule has 1 aromatic rings. The summed E-state index contributed by atoms with van der Waals surface area (Å²) in [6.07, 6.45) is 2.28. The molecule has 1 atom stereocenters. The highest BCUT2D eigenvalue weighted by atomic mass is 79.9. The summed E-state index contributed by atoms with van der Waals surface area (Å²) in [5, 5.41) is 4.15. The minimum absolute atomic E-state index is 0.594. The summed E-state index contributed by atoms with van der Waals surface area (Å²) in [5.41, 5.74) is 1.10. The Morgan fingerprint density at radius 3 is 2.88 bits per heavy atom. The zero-order chi connectivity index (χ0) is 12.7. The van der Waals surface area contributed by atoms with Gasteiger partial charge in [-0.05, 0) is 37.6 Å². The lowest BCUT2D eigenvalue weighted by atomic mass is 10.2. The molecule has 0 radical (unpaired) electrons. The molecule has 96 valence electrons. The van der Waals surface area contributed by atoms with E-state index in [0.29, 0.717) is 4.83 Å². The van der Waals surface area contributed by atoms with Crippen LogP contribution in [0.1, 0.15) is 25.3 Å². The number of rotatable bonds is 7. The number of methoxy groups -OCH3 is 1. The molecule has 0 saturated carbocycles. The molecular formula is C13H19BrClNO. The van der Waals surface area contributed by atoms with E-state index >= 15 is 0 Å². The fourth-order valence-electron chi connectivity index (χ4n) is 1.57. The average Bonchev–Trinajstić information content (AvgIpc) is 2.34. The molecule has 0 heterocycles. The van der Waals surface area contributed by atoms with E-state index in [9.17, 15) is 0 Å². The zero-order valence-electron chi connectivity index (χ0n) is 10.3. The standard InChI is InChI=1S/C13H19BrClNO/c1-3-11(14)6-7-16-9-10-8-12(15)4-5-13(10)17-2/h4-5,8,11,16H,3,6-7,9H2,1-2H3. The smallest absolute Gasteiger partial charge is 0.123 e. The maximum atomic E-state index is 5.97. The first kappa shape index (κ1) is 14.8. The highest BCUT2D eigenvalue weighted by Crippen LogP contribution is 2.22. The van der Waals surface area contributed by atoms with Crippen molar-refractivity contribution in [3.63, 3.8) is 0 Å². The van der Waals surface area contributed by atoms with Crippen molar-refractivity contribution in [2.45, 2.75) is 31.1 Å². The van der Waals surface area contributed by atoms with Gasteiger partial charge in [-0.1, -0.05) is 34.5 Å². The third-order valence-electron chi connectivity index (χ3n) is 2.64. The minimum Gasteiger partial charge on any atom is -0.496 e. The van der Waals surface area contributed by atoms with Crippen LogP contribution in [-0.2, 0) is 6.54 Å². The Bertz CT molecular complexity index is 346. The fraction of sp³-hybridized carbons (Fsp3) is 0.538. The van der Waals surface area contributed by atoms with Crippen molar-refractivity contribution in [1.29, 1.82) is 0 Å². The molecule has 1 N–H and O–H groups in total. The van der Waals surface area contributed by atoms with Crippen molar-refractivity contribution in [3.8, 4) is 5.75 Å². The second kappa shape index (κ2) is 7.96. The molecule has 0 saturated heterocycles. The monoisotopic (exact) mass is 319 g/mol. The number of hydrogen-bond donors (Lipinski definition) is 1. The lowest BCUT2D eigenvalue weighted by Crippen LogP contribution is -2.18. The summed E-state index contributed by atoms with van der Waals surface area (Å²) in [4.78, 5) is 0.594. The van der Waals surface area contributed by atoms with Gasteiger partial charge < -0.3 is 10.1 Å². The second-order valence-electron chi connectivity index (χ2n) is 3.93. The first-order chi connectivity index (χ1) is 8.17. The van der Waals surface area contributed by atoms with Crippen LogP contribution in [0.3, 0.4) is 0 Å². The summed E-state index contributed by atoms with van der Waals surface area (Å²) in [6.45, 7) is 3.95. The molecular weight excluding hydrogens is 302 g/mol. The number of hydrogen-bond acceptors (Lipinski definition) is 2. The van der Waals surface area contributed by atoms with Crippen LogP contribution in [0.2, 0.25) is 5.02 Å². The predicted molar refractivity (Wildman–Crippen MR) is 77.3 cm³/mol. The van der Waals surface area contributed by atoms with E-state index in [1.165, 1.54) is 0 Å². The fourth-order valence-corrected chi connectivity index (χ4v) is 1.99. The number of ether oxygens (including phenoxy) is 1. The summed E-state index contributed by atoms with van der Waals surface area (Å²) in [5.74, 6) is 0.882. The van der Waals surface area contributed by atoms with Crippen molar-refractivity contribution < 1.29 is 4.74 Å². The van der Waals surface area contributed by atoms with Crippen LogP contribution >= 0.6 is 27.5 Å². The normalized spacial score (nSPS) is 12.5. The van der Waals surface area contributed by atoms with Gasteiger partial charge in [0, 0.05) is 22.0 Å². The second-order valence-corrected chi connectivity index (χ2v) is 5.66. The van der Waals surface area contributed by atoms with Gasteiger partial charge in [0.05, 0.1) is 7.11 Å². The number of benzene rings is 1. The van der Waals surface area contributed by atoms with Crippen molar-refractivity contribution in [1.82, 2.24) is 5.32 Å². The molecule has 0 amide bonds. The van der Waals surface area contributed by atoms with Gasteiger partial charge in [0.2, 0.25) is 0 Å². The van der Waals surface area contributed by atoms with Crippen molar-refractivity contribution in [2.75, 3.05) is 13.7 Å². The van der Waals surface area contributed by atoms with Crippen LogP contribution in [0.15, 0.2) is 18.2 Å². The molecule has 4 heteroatoms. The van der Waals surface area contributed by atoms with E-state index in [4.69, 9.17) is 16.3 Å². The first-order valence-corrected chi connectivity index (χ1v) is 7.14. The molecule has 0 aliphatic carbocycles. The molecule has 1 aromatic carbocycles. The summed E-state index contributed by atoms with van der Waals surface area (Å²) in [6, 6.07) is 5.69. The van der Waals surface area contributed by atoms with E-state index in [1.54, 1.807) is 7.11 Å². The Morgan fingerprint density at radius 1 is 1.47 bits per heavy atom. The number of alkyl halides is 1. The van der Waals surface area contributed by atoms with Gasteiger partial charge in [0.25, 0.3) is 0 Å². The van der Waals surface area contributed by atoms with Crippen molar-refractivity contribution in [2.24, 2.45) is 0 Å². The molecule has 0 bridgehead atoms. The van der Waals surface area contributed by atoms with Crippen LogP contribution in [-0.4, -0.2) is 18.5 Å². The summed E-state index contributed by atoms with van der Waals surface area (Å²) in [7, 11) is 1.68. The van der Waals surface area contributed by atoms with Gasteiger partial charge in [-0.2, -0.15) is 0 Å². The molecule has 0 aliphatic rings. The van der Waals surface area contributed by atoms with Gasteiger partial charge in [0.1, 0.15) is 5.75 Å². The maximum absolute atomic E-state index is 5.97. The number of nitrogens with one attached hydrogen (secondary N) is 1. The summed E-state index contributed by atoms with van der Waals surface area (Å²) < 4.78 is 5.29. The maximum Gasteiger partial charge on any atom is 0.123 e. The van der Waals surface area contributed by atoms with E-state index in [2.05, 4.69) is 28.2 Å². The average molecular weight is 321 g/mol. The van der Waals surface area contributed by atoms with Crippen LogP contribution in [0.25, 0.3) is 0 Å². The van der Waals surface area contributed by atoms with E-state index in [1.807, 2.05) is 18.2 Å². The van der Waals surface area contributed by atoms with Gasteiger partial charge in [-0.15, -0.1) is 0 Å². The molecule has 0 aliphatic heterocycles. The molecule has 1 rings (SSSR count). The third kappa shape index (κ3) is 5.28. The van der Waals surface area contributed by atoms with Crippen LogP contribution in [0, 0.1) is 0 Å².